The average Bonchev–Trinajstić information content (AvgIpc) is 2.99. The van der Waals surface area contributed by atoms with Crippen molar-refractivity contribution in [1.29, 1.82) is 0 Å². The molecule has 0 saturated heterocycles. The maximum Gasteiger partial charge on any atom is 0.198 e. The van der Waals surface area contributed by atoms with E-state index in [-0.39, 0.29) is 6.61 Å². The number of hydrogen-bond acceptors (Lipinski definition) is 2. The maximum atomic E-state index is 9.34. The zero-order valence-electron chi connectivity index (χ0n) is 16.3. The molecule has 0 spiro atoms. The van der Waals surface area contributed by atoms with E-state index in [1.165, 1.54) is 70.0 Å². The van der Waals surface area contributed by atoms with Gasteiger partial charge in [-0.15, -0.1) is 0 Å². The number of aliphatic hydroxyl groups excluding tert-OH is 1. The number of unbranched alkanes of at least 4 members (excludes halogenated alkanes) is 8. The van der Waals surface area contributed by atoms with Crippen LogP contribution in [-0.2, 0) is 0 Å². The summed E-state index contributed by atoms with van der Waals surface area (Å²) in [7, 11) is 0. The molecule has 0 aromatic heterocycles. The fourth-order valence-corrected chi connectivity index (χ4v) is 3.72. The molecular weight excluding hydrogens is 296 g/mol. The Morgan fingerprint density at radius 3 is 2.29 bits per heavy atom. The van der Waals surface area contributed by atoms with Gasteiger partial charge >= 0.3 is 0 Å². The molecule has 0 aliphatic carbocycles. The Balaban J connectivity index is 2.02. The van der Waals surface area contributed by atoms with Crippen LogP contribution in [0.1, 0.15) is 84.5 Å². The Kier molecular flexibility index (Phi) is 12.1. The van der Waals surface area contributed by atoms with Gasteiger partial charge in [0.25, 0.3) is 0 Å². The normalized spacial score (nSPS) is 20.9. The van der Waals surface area contributed by atoms with E-state index in [1.54, 1.807) is 0 Å². The quantitative estimate of drug-likeness (QED) is 0.252. The van der Waals surface area contributed by atoms with E-state index in [9.17, 15) is 5.11 Å². The molecule has 1 atom stereocenters. The SMILES string of the molecule is CCCCC/C=C/CCCCCCCC1=NCC[N+]1(CC)CCO. The Labute approximate surface area is 150 Å². The molecular formula is C21H41N2O+. The van der Waals surface area contributed by atoms with Crippen LogP contribution < -0.4 is 0 Å². The van der Waals surface area contributed by atoms with Crippen molar-refractivity contribution in [3.63, 3.8) is 0 Å². The molecule has 0 radical (unpaired) electrons. The minimum Gasteiger partial charge on any atom is -0.390 e. The van der Waals surface area contributed by atoms with E-state index < -0.39 is 0 Å². The minimum absolute atomic E-state index is 0.277. The molecule has 1 rings (SSSR count). The first-order valence-corrected chi connectivity index (χ1v) is 10.4. The smallest absolute Gasteiger partial charge is 0.198 e. The van der Waals surface area contributed by atoms with Gasteiger partial charge in [-0.2, -0.15) is 0 Å². The van der Waals surface area contributed by atoms with Gasteiger partial charge < -0.3 is 5.11 Å². The number of nitrogens with zero attached hydrogens (tertiary/aromatic N) is 2. The summed E-state index contributed by atoms with van der Waals surface area (Å²) in [4.78, 5) is 4.74. The van der Waals surface area contributed by atoms with Crippen LogP contribution in [0.5, 0.6) is 0 Å². The number of quaternary nitrogens is 1. The number of rotatable bonds is 15. The molecule has 1 heterocycles. The molecule has 3 heteroatoms. The van der Waals surface area contributed by atoms with Gasteiger partial charge in [-0.1, -0.05) is 51.2 Å². The number of aliphatic imine (C=N–C) groups is 1. The van der Waals surface area contributed by atoms with E-state index >= 15 is 0 Å². The zero-order valence-corrected chi connectivity index (χ0v) is 16.3. The molecule has 24 heavy (non-hydrogen) atoms. The highest BCUT2D eigenvalue weighted by molar-refractivity contribution is 5.76. The fraction of sp³-hybridized carbons (Fsp3) is 0.857. The second kappa shape index (κ2) is 13.6. The monoisotopic (exact) mass is 337 g/mol. The Bertz CT molecular complexity index is 365. The first kappa shape index (κ1) is 21.4. The van der Waals surface area contributed by atoms with Crippen LogP contribution in [0.15, 0.2) is 17.1 Å². The molecule has 0 fully saturated rings. The maximum absolute atomic E-state index is 9.34. The first-order valence-electron chi connectivity index (χ1n) is 10.4. The zero-order chi connectivity index (χ0) is 17.5. The molecule has 0 bridgehead atoms. The predicted octanol–water partition coefficient (Wildman–Crippen LogP) is 5.09. The lowest BCUT2D eigenvalue weighted by molar-refractivity contribution is -0.835. The van der Waals surface area contributed by atoms with E-state index in [0.29, 0.717) is 0 Å². The van der Waals surface area contributed by atoms with E-state index in [1.807, 2.05) is 0 Å². The van der Waals surface area contributed by atoms with Crippen LogP contribution in [0.25, 0.3) is 0 Å². The van der Waals surface area contributed by atoms with Crippen LogP contribution in [0.2, 0.25) is 0 Å². The highest BCUT2D eigenvalue weighted by Gasteiger charge is 2.35. The molecule has 1 unspecified atom stereocenters. The van der Waals surface area contributed by atoms with Crippen molar-refractivity contribution in [2.75, 3.05) is 32.8 Å². The predicted molar refractivity (Wildman–Crippen MR) is 106 cm³/mol. The summed E-state index contributed by atoms with van der Waals surface area (Å²) in [6.45, 7) is 8.73. The molecule has 0 aromatic carbocycles. The summed E-state index contributed by atoms with van der Waals surface area (Å²) < 4.78 is 0.944. The molecule has 1 aliphatic heterocycles. The number of hydrogen-bond donors (Lipinski definition) is 1. The van der Waals surface area contributed by atoms with Crippen molar-refractivity contribution < 1.29 is 9.59 Å². The van der Waals surface area contributed by atoms with Crippen molar-refractivity contribution in [3.05, 3.63) is 12.2 Å². The second-order valence-corrected chi connectivity index (χ2v) is 7.20. The molecule has 1 N–H and O–H groups in total. The van der Waals surface area contributed by atoms with Crippen LogP contribution in [0, 0.1) is 0 Å². The topological polar surface area (TPSA) is 32.6 Å². The van der Waals surface area contributed by atoms with Crippen molar-refractivity contribution in [1.82, 2.24) is 0 Å². The third-order valence-corrected chi connectivity index (χ3v) is 5.42. The van der Waals surface area contributed by atoms with Gasteiger partial charge in [0.15, 0.2) is 5.84 Å². The standard InChI is InChI=1S/C21H41N2O/c1-3-5-6-7-8-9-10-11-12-13-14-15-16-21-22-17-18-23(21,4-2)19-20-24/h8-9,24H,3-7,10-20H2,1-2H3/q+1/b9-8+. The minimum atomic E-state index is 0.277. The second-order valence-electron chi connectivity index (χ2n) is 7.20. The van der Waals surface area contributed by atoms with Gasteiger partial charge in [-0.25, -0.2) is 4.99 Å². The van der Waals surface area contributed by atoms with Gasteiger partial charge in [0, 0.05) is 6.42 Å². The van der Waals surface area contributed by atoms with Crippen molar-refractivity contribution >= 4 is 5.84 Å². The lowest BCUT2D eigenvalue weighted by Crippen LogP contribution is -2.52. The molecule has 0 saturated carbocycles. The summed E-state index contributed by atoms with van der Waals surface area (Å²) in [5.74, 6) is 1.35. The van der Waals surface area contributed by atoms with E-state index in [0.717, 1.165) is 37.1 Å². The van der Waals surface area contributed by atoms with Gasteiger partial charge in [-0.3, -0.25) is 4.48 Å². The van der Waals surface area contributed by atoms with Crippen LogP contribution >= 0.6 is 0 Å². The summed E-state index contributed by atoms with van der Waals surface area (Å²) in [6, 6.07) is 0. The van der Waals surface area contributed by atoms with Gasteiger partial charge in [-0.05, 0) is 39.0 Å². The molecule has 3 nitrogen and oxygen atoms in total. The number of likely N-dealkylation sites (N-methyl/N-ethyl adjacent to an activating group) is 1. The summed E-state index contributed by atoms with van der Waals surface area (Å²) in [5, 5.41) is 9.34. The van der Waals surface area contributed by atoms with Crippen molar-refractivity contribution in [2.45, 2.75) is 84.5 Å². The van der Waals surface area contributed by atoms with Gasteiger partial charge in [0.2, 0.25) is 0 Å². The van der Waals surface area contributed by atoms with Crippen LogP contribution in [0.3, 0.4) is 0 Å². The number of aliphatic hydroxyl groups is 1. The Morgan fingerprint density at radius 1 is 0.958 bits per heavy atom. The summed E-state index contributed by atoms with van der Waals surface area (Å²) >= 11 is 0. The van der Waals surface area contributed by atoms with Gasteiger partial charge in [0.1, 0.15) is 13.1 Å². The largest absolute Gasteiger partial charge is 0.390 e. The number of allylic oxidation sites excluding steroid dienone is 2. The van der Waals surface area contributed by atoms with Crippen molar-refractivity contribution in [2.24, 2.45) is 4.99 Å². The Hall–Kier alpha value is -0.670. The highest BCUT2D eigenvalue weighted by Crippen LogP contribution is 2.19. The lowest BCUT2D eigenvalue weighted by atomic mass is 10.1. The average molecular weight is 338 g/mol. The van der Waals surface area contributed by atoms with E-state index in [2.05, 4.69) is 26.0 Å². The Morgan fingerprint density at radius 2 is 1.62 bits per heavy atom. The molecule has 0 amide bonds. The highest BCUT2D eigenvalue weighted by atomic mass is 16.3. The van der Waals surface area contributed by atoms with Crippen LogP contribution in [0.4, 0.5) is 0 Å². The molecule has 1 aliphatic rings. The fourth-order valence-electron chi connectivity index (χ4n) is 3.72. The van der Waals surface area contributed by atoms with E-state index in [4.69, 9.17) is 4.99 Å². The third-order valence-electron chi connectivity index (χ3n) is 5.42. The third kappa shape index (κ3) is 7.94. The lowest BCUT2D eigenvalue weighted by Gasteiger charge is -2.33. The number of amidine groups is 1. The van der Waals surface area contributed by atoms with Gasteiger partial charge in [0.05, 0.1) is 19.7 Å². The molecule has 140 valence electrons. The van der Waals surface area contributed by atoms with Crippen LogP contribution in [-0.4, -0.2) is 48.2 Å². The molecule has 0 aromatic rings. The first-order chi connectivity index (χ1) is 11.8. The summed E-state index contributed by atoms with van der Waals surface area (Å²) in [6.07, 6.45) is 19.1. The van der Waals surface area contributed by atoms with Crippen molar-refractivity contribution in [3.8, 4) is 0 Å². The summed E-state index contributed by atoms with van der Waals surface area (Å²) in [5.41, 5.74) is 0.